The number of benzene rings is 9. The summed E-state index contributed by atoms with van der Waals surface area (Å²) in [4.78, 5) is 2.42. The van der Waals surface area contributed by atoms with E-state index >= 15 is 0 Å². The number of hydrogen-bond acceptors (Lipinski definition) is 2. The Kier molecular flexibility index (Phi) is 9.10. The zero-order valence-corrected chi connectivity index (χ0v) is 36.5. The van der Waals surface area contributed by atoms with Crippen LogP contribution >= 0.6 is 0 Å². The molecule has 2 heteroatoms. The molecule has 0 saturated carbocycles. The second-order valence-corrected chi connectivity index (χ2v) is 18.6. The molecule has 1 aromatic heterocycles. The molecule has 0 amide bonds. The van der Waals surface area contributed by atoms with Crippen LogP contribution in [-0.4, -0.2) is 0 Å². The third-order valence-corrected chi connectivity index (χ3v) is 13.3. The third kappa shape index (κ3) is 6.74. The van der Waals surface area contributed by atoms with Crippen LogP contribution in [-0.2, 0) is 10.8 Å². The summed E-state index contributed by atoms with van der Waals surface area (Å²) < 4.78 is 6.16. The first-order valence-electron chi connectivity index (χ1n) is 22.1. The van der Waals surface area contributed by atoms with Crippen molar-refractivity contribution in [2.75, 3.05) is 4.90 Å². The SMILES string of the molecule is CC(C)(C)c1ccc(-c2ccc3c(c2)C(C)(C)c2ccc(-c4ccccc4N(c4ccc(-c5ccc6oc7ccccc7c6c5)cc4)c4cccc(-c5ccccc5)c4)cc2-3)cc1. The van der Waals surface area contributed by atoms with Gasteiger partial charge in [0, 0.05) is 33.1 Å². The molecular formula is C61H49NO. The van der Waals surface area contributed by atoms with Crippen LogP contribution in [0.1, 0.15) is 51.3 Å². The fourth-order valence-corrected chi connectivity index (χ4v) is 9.77. The third-order valence-electron chi connectivity index (χ3n) is 13.3. The Labute approximate surface area is 370 Å². The van der Waals surface area contributed by atoms with Crippen LogP contribution in [0.5, 0.6) is 0 Å². The van der Waals surface area contributed by atoms with E-state index in [2.05, 4.69) is 234 Å². The highest BCUT2D eigenvalue weighted by molar-refractivity contribution is 6.06. The molecule has 0 radical (unpaired) electrons. The first kappa shape index (κ1) is 38.5. The van der Waals surface area contributed by atoms with Gasteiger partial charge in [0.1, 0.15) is 11.2 Å². The summed E-state index contributed by atoms with van der Waals surface area (Å²) in [5.74, 6) is 0. The van der Waals surface area contributed by atoms with Crippen LogP contribution in [0, 0.1) is 0 Å². The van der Waals surface area contributed by atoms with Gasteiger partial charge in [0.2, 0.25) is 0 Å². The van der Waals surface area contributed by atoms with Crippen molar-refractivity contribution >= 4 is 39.0 Å². The molecule has 0 atom stereocenters. The van der Waals surface area contributed by atoms with Crippen LogP contribution in [0.25, 0.3) is 77.6 Å². The van der Waals surface area contributed by atoms with E-state index in [4.69, 9.17) is 4.42 Å². The highest BCUT2D eigenvalue weighted by Gasteiger charge is 2.36. The minimum absolute atomic E-state index is 0.123. The van der Waals surface area contributed by atoms with E-state index in [1.165, 1.54) is 61.2 Å². The summed E-state index contributed by atoms with van der Waals surface area (Å²) in [7, 11) is 0. The maximum Gasteiger partial charge on any atom is 0.135 e. The van der Waals surface area contributed by atoms with Crippen LogP contribution in [0.3, 0.4) is 0 Å². The number of anilines is 3. The first-order chi connectivity index (χ1) is 30.6. The molecule has 1 heterocycles. The zero-order valence-electron chi connectivity index (χ0n) is 36.5. The molecule has 0 unspecified atom stereocenters. The quantitative estimate of drug-likeness (QED) is 0.159. The van der Waals surface area contributed by atoms with E-state index in [9.17, 15) is 0 Å². The second kappa shape index (κ2) is 14.9. The Balaban J connectivity index is 1.01. The largest absolute Gasteiger partial charge is 0.456 e. The number of rotatable bonds is 7. The van der Waals surface area contributed by atoms with Crippen molar-refractivity contribution in [3.63, 3.8) is 0 Å². The molecule has 0 aliphatic heterocycles. The molecule has 11 rings (SSSR count). The van der Waals surface area contributed by atoms with Crippen molar-refractivity contribution in [2.24, 2.45) is 0 Å². The summed E-state index contributed by atoms with van der Waals surface area (Å²) >= 11 is 0. The summed E-state index contributed by atoms with van der Waals surface area (Å²) in [5.41, 5.74) is 21.4. The molecule has 304 valence electrons. The average molecular weight is 812 g/mol. The van der Waals surface area contributed by atoms with Gasteiger partial charge in [-0.2, -0.15) is 0 Å². The monoisotopic (exact) mass is 811 g/mol. The molecule has 0 spiro atoms. The standard InChI is InChI=1S/C61H49NO/c1-60(2,3)47-29-22-41(23-30-47)45-26-33-51-53-38-46(27-34-55(53)61(4,5)56(51)39-45)50-18-9-11-20-57(50)62(49-17-13-16-43(36-49)40-14-7-6-8-15-40)48-31-24-42(25-32-48)44-28-35-59-54(37-44)52-19-10-12-21-58(52)63-59/h6-39H,1-5H3. The normalized spacial score (nSPS) is 13.0. The molecule has 0 N–H and O–H groups in total. The van der Waals surface area contributed by atoms with E-state index in [0.717, 1.165) is 50.1 Å². The Hall–Kier alpha value is -7.42. The molecule has 0 bridgehead atoms. The van der Waals surface area contributed by atoms with Gasteiger partial charge in [-0.15, -0.1) is 0 Å². The van der Waals surface area contributed by atoms with E-state index in [1.807, 2.05) is 12.1 Å². The lowest BCUT2D eigenvalue weighted by Gasteiger charge is -2.29. The van der Waals surface area contributed by atoms with Crippen molar-refractivity contribution in [2.45, 2.75) is 45.4 Å². The number of fused-ring (bicyclic) bond motifs is 6. The Bertz CT molecular complexity index is 3330. The van der Waals surface area contributed by atoms with Gasteiger partial charge in [0.25, 0.3) is 0 Å². The lowest BCUT2D eigenvalue weighted by atomic mass is 9.81. The summed E-state index contributed by atoms with van der Waals surface area (Å²) in [6, 6.07) is 75.6. The summed E-state index contributed by atoms with van der Waals surface area (Å²) in [6.07, 6.45) is 0. The van der Waals surface area contributed by atoms with Gasteiger partial charge in [0.15, 0.2) is 0 Å². The first-order valence-corrected chi connectivity index (χ1v) is 22.1. The highest BCUT2D eigenvalue weighted by Crippen LogP contribution is 2.52. The lowest BCUT2D eigenvalue weighted by molar-refractivity contribution is 0.590. The van der Waals surface area contributed by atoms with Crippen molar-refractivity contribution in [1.82, 2.24) is 0 Å². The number of hydrogen-bond donors (Lipinski definition) is 0. The molecular weight excluding hydrogens is 763 g/mol. The molecule has 63 heavy (non-hydrogen) atoms. The Morgan fingerprint density at radius 3 is 1.78 bits per heavy atom. The average Bonchev–Trinajstić information content (AvgIpc) is 3.80. The van der Waals surface area contributed by atoms with Crippen LogP contribution in [0.4, 0.5) is 17.1 Å². The highest BCUT2D eigenvalue weighted by atomic mass is 16.3. The van der Waals surface area contributed by atoms with Crippen molar-refractivity contribution in [3.8, 4) is 55.6 Å². The van der Waals surface area contributed by atoms with Crippen LogP contribution in [0.2, 0.25) is 0 Å². The van der Waals surface area contributed by atoms with E-state index in [0.29, 0.717) is 0 Å². The Morgan fingerprint density at radius 1 is 0.381 bits per heavy atom. The van der Waals surface area contributed by atoms with E-state index in [-0.39, 0.29) is 10.8 Å². The number of para-hydroxylation sites is 2. The number of nitrogens with zero attached hydrogens (tertiary/aromatic N) is 1. The molecule has 1 aliphatic rings. The minimum atomic E-state index is -0.134. The van der Waals surface area contributed by atoms with Gasteiger partial charge in [-0.3, -0.25) is 0 Å². The minimum Gasteiger partial charge on any atom is -0.456 e. The van der Waals surface area contributed by atoms with E-state index < -0.39 is 0 Å². The van der Waals surface area contributed by atoms with Gasteiger partial charge in [-0.05, 0) is 133 Å². The predicted octanol–water partition coefficient (Wildman–Crippen LogP) is 17.3. The molecule has 1 aliphatic carbocycles. The van der Waals surface area contributed by atoms with E-state index in [1.54, 1.807) is 0 Å². The molecule has 0 fully saturated rings. The zero-order chi connectivity index (χ0) is 42.9. The fourth-order valence-electron chi connectivity index (χ4n) is 9.77. The lowest BCUT2D eigenvalue weighted by Crippen LogP contribution is -2.15. The molecule has 0 saturated heterocycles. The van der Waals surface area contributed by atoms with Gasteiger partial charge >= 0.3 is 0 Å². The van der Waals surface area contributed by atoms with Gasteiger partial charge in [-0.25, -0.2) is 0 Å². The van der Waals surface area contributed by atoms with Crippen LogP contribution < -0.4 is 4.90 Å². The molecule has 2 nitrogen and oxygen atoms in total. The summed E-state index contributed by atoms with van der Waals surface area (Å²) in [5, 5.41) is 2.27. The maximum absolute atomic E-state index is 6.16. The molecule has 9 aromatic carbocycles. The number of furan rings is 1. The maximum atomic E-state index is 6.16. The predicted molar refractivity (Wildman–Crippen MR) is 266 cm³/mol. The Morgan fingerprint density at radius 2 is 0.984 bits per heavy atom. The van der Waals surface area contributed by atoms with Gasteiger partial charge in [-0.1, -0.05) is 180 Å². The fraction of sp³-hybridized carbons (Fsp3) is 0.115. The molecule has 10 aromatic rings. The summed E-state index contributed by atoms with van der Waals surface area (Å²) in [6.45, 7) is 11.6. The smallest absolute Gasteiger partial charge is 0.135 e. The van der Waals surface area contributed by atoms with Crippen molar-refractivity contribution in [3.05, 3.63) is 223 Å². The second-order valence-electron chi connectivity index (χ2n) is 18.6. The topological polar surface area (TPSA) is 16.4 Å². The van der Waals surface area contributed by atoms with Gasteiger partial charge < -0.3 is 9.32 Å². The van der Waals surface area contributed by atoms with Crippen molar-refractivity contribution in [1.29, 1.82) is 0 Å². The van der Waals surface area contributed by atoms with Gasteiger partial charge in [0.05, 0.1) is 5.69 Å². The van der Waals surface area contributed by atoms with Crippen LogP contribution in [0.15, 0.2) is 211 Å². The van der Waals surface area contributed by atoms with Crippen molar-refractivity contribution < 1.29 is 4.42 Å².